The Balaban J connectivity index is 0.00000141. The molecule has 1 aliphatic heterocycles. The molecule has 3 rings (SSSR count). The van der Waals surface area contributed by atoms with Crippen LogP contribution in [-0.4, -0.2) is 0 Å². The van der Waals surface area contributed by atoms with Gasteiger partial charge in [-0.2, -0.15) is 10.5 Å². The summed E-state index contributed by atoms with van der Waals surface area (Å²) in [6.07, 6.45) is 4.70. The molecule has 1 aliphatic rings. The molecule has 0 unspecified atom stereocenters. The molecule has 2 aromatic carbocycles. The first-order chi connectivity index (χ1) is 16.5. The van der Waals surface area contributed by atoms with Crippen molar-refractivity contribution in [3.63, 3.8) is 0 Å². The first kappa shape index (κ1) is 30.2. The summed E-state index contributed by atoms with van der Waals surface area (Å²) in [6, 6.07) is 16.0. The molecule has 1 N–H and O–H groups in total. The van der Waals surface area contributed by atoms with Crippen molar-refractivity contribution in [2.75, 3.05) is 10.2 Å². The van der Waals surface area contributed by atoms with Crippen LogP contribution < -0.4 is 10.2 Å². The van der Waals surface area contributed by atoms with Crippen LogP contribution in [0.2, 0.25) is 0 Å². The fourth-order valence-corrected chi connectivity index (χ4v) is 3.30. The summed E-state index contributed by atoms with van der Waals surface area (Å²) in [7, 11) is 0. The number of nitrogens with one attached hydrogen (secondary N) is 1. The Labute approximate surface area is 207 Å². The van der Waals surface area contributed by atoms with Crippen molar-refractivity contribution in [3.05, 3.63) is 89.8 Å². The summed E-state index contributed by atoms with van der Waals surface area (Å²) in [5.74, 6) is 0.147. The molecule has 0 radical (unpaired) electrons. The van der Waals surface area contributed by atoms with Gasteiger partial charge in [0.2, 0.25) is 0 Å². The highest BCUT2D eigenvalue weighted by atomic mass is 15.2. The third kappa shape index (κ3) is 6.87. The molecule has 0 atom stereocenters. The van der Waals surface area contributed by atoms with Crippen LogP contribution in [0.15, 0.2) is 73.1 Å². The minimum atomic E-state index is 0.147. The van der Waals surface area contributed by atoms with E-state index in [1.807, 2.05) is 76.8 Å². The second-order valence-corrected chi connectivity index (χ2v) is 7.23. The van der Waals surface area contributed by atoms with Crippen LogP contribution in [0.4, 0.5) is 17.1 Å². The lowest BCUT2D eigenvalue weighted by Gasteiger charge is -2.35. The van der Waals surface area contributed by atoms with Gasteiger partial charge in [0.25, 0.3) is 0 Å². The quantitative estimate of drug-likeness (QED) is 0.498. The lowest BCUT2D eigenvalue weighted by Crippen LogP contribution is -2.25. The Morgan fingerprint density at radius 3 is 1.94 bits per heavy atom. The summed E-state index contributed by atoms with van der Waals surface area (Å²) in [6.45, 7) is 24.1. The molecule has 0 saturated carbocycles. The number of allylic oxidation sites excluding steroid dienone is 2. The summed E-state index contributed by atoms with van der Waals surface area (Å²) < 4.78 is 0. The Morgan fingerprint density at radius 2 is 1.47 bits per heavy atom. The number of hydrogen-bond acceptors (Lipinski definition) is 4. The van der Waals surface area contributed by atoms with E-state index in [2.05, 4.69) is 44.5 Å². The van der Waals surface area contributed by atoms with Gasteiger partial charge < -0.3 is 10.2 Å². The third-order valence-corrected chi connectivity index (χ3v) is 4.60. The van der Waals surface area contributed by atoms with E-state index in [-0.39, 0.29) is 5.92 Å². The molecule has 4 nitrogen and oxygen atoms in total. The number of nitriles is 2. The van der Waals surface area contributed by atoms with Gasteiger partial charge in [0, 0.05) is 0 Å². The molecule has 180 valence electrons. The number of anilines is 3. The first-order valence-electron chi connectivity index (χ1n) is 12.1. The fourth-order valence-electron chi connectivity index (χ4n) is 3.30. The number of benzene rings is 2. The van der Waals surface area contributed by atoms with Crippen molar-refractivity contribution < 1.29 is 0 Å². The standard InChI is InChI=1S/C23H20N4.C3H8.2C2H6/c1-5-19-21(6-2)27(22-10-8-7-9-20(22)26-19)23-12-16(13-24)18(15(3)4)11-17(23)14-25;1-3-2;2*1-2/h5-12,15,26H,1-2H2,3-4H3;3H2,1-2H3;2*1-2H3. The van der Waals surface area contributed by atoms with E-state index in [9.17, 15) is 10.5 Å². The number of para-hydroxylation sites is 2. The van der Waals surface area contributed by atoms with E-state index in [0.717, 1.165) is 28.3 Å². The highest BCUT2D eigenvalue weighted by molar-refractivity contribution is 5.88. The van der Waals surface area contributed by atoms with Gasteiger partial charge in [-0.05, 0) is 47.9 Å². The van der Waals surface area contributed by atoms with E-state index < -0.39 is 0 Å². The first-order valence-corrected chi connectivity index (χ1v) is 12.1. The van der Waals surface area contributed by atoms with Crippen molar-refractivity contribution in [1.29, 1.82) is 10.5 Å². The van der Waals surface area contributed by atoms with Crippen molar-refractivity contribution in [1.82, 2.24) is 0 Å². The zero-order valence-electron chi connectivity index (χ0n) is 22.2. The van der Waals surface area contributed by atoms with Gasteiger partial charge in [-0.15, -0.1) is 0 Å². The molecule has 4 heteroatoms. The topological polar surface area (TPSA) is 62.9 Å². The van der Waals surface area contributed by atoms with Gasteiger partial charge in [0.1, 0.15) is 6.07 Å². The Kier molecular flexibility index (Phi) is 14.2. The zero-order valence-corrected chi connectivity index (χ0v) is 22.2. The zero-order chi connectivity index (χ0) is 26.3. The maximum Gasteiger partial charge on any atom is 0.101 e. The maximum absolute atomic E-state index is 9.81. The summed E-state index contributed by atoms with van der Waals surface area (Å²) in [5.41, 5.74) is 5.95. The summed E-state index contributed by atoms with van der Waals surface area (Å²) >= 11 is 0. The molecular weight excluding hydrogens is 416 g/mol. The molecule has 2 aromatic rings. The number of hydrogen-bond donors (Lipinski definition) is 1. The predicted molar refractivity (Wildman–Crippen MR) is 148 cm³/mol. The lowest BCUT2D eigenvalue weighted by molar-refractivity contribution is 0.861. The van der Waals surface area contributed by atoms with Gasteiger partial charge in [-0.25, -0.2) is 0 Å². The minimum Gasteiger partial charge on any atom is -0.352 e. The third-order valence-electron chi connectivity index (χ3n) is 4.60. The van der Waals surface area contributed by atoms with E-state index in [1.165, 1.54) is 6.42 Å². The average Bonchev–Trinajstić information content (AvgIpc) is 2.89. The summed E-state index contributed by atoms with van der Waals surface area (Å²) in [5, 5.41) is 22.8. The molecule has 0 aromatic heterocycles. The van der Waals surface area contributed by atoms with Crippen LogP contribution in [-0.2, 0) is 0 Å². The van der Waals surface area contributed by atoms with Gasteiger partial charge in [0.05, 0.1) is 45.7 Å². The van der Waals surface area contributed by atoms with E-state index >= 15 is 0 Å². The Bertz CT molecular complexity index is 1060. The van der Waals surface area contributed by atoms with E-state index in [0.29, 0.717) is 16.8 Å². The van der Waals surface area contributed by atoms with Crippen LogP contribution >= 0.6 is 0 Å². The molecule has 0 fully saturated rings. The van der Waals surface area contributed by atoms with Crippen molar-refractivity contribution in [3.8, 4) is 12.1 Å². The Morgan fingerprint density at radius 1 is 0.912 bits per heavy atom. The van der Waals surface area contributed by atoms with Crippen LogP contribution in [0.25, 0.3) is 0 Å². The van der Waals surface area contributed by atoms with Gasteiger partial charge in [-0.3, -0.25) is 0 Å². The summed E-state index contributed by atoms with van der Waals surface area (Å²) in [4.78, 5) is 1.96. The largest absolute Gasteiger partial charge is 0.352 e. The fraction of sp³-hybridized carbons (Fsp3) is 0.333. The molecular formula is C30H40N4. The normalized spacial score (nSPS) is 11.0. The smallest absolute Gasteiger partial charge is 0.101 e. The van der Waals surface area contributed by atoms with Crippen LogP contribution in [0.3, 0.4) is 0 Å². The molecule has 0 amide bonds. The molecule has 0 saturated heterocycles. The van der Waals surface area contributed by atoms with Crippen molar-refractivity contribution >= 4 is 17.1 Å². The second-order valence-electron chi connectivity index (χ2n) is 7.23. The predicted octanol–water partition coefficient (Wildman–Crippen LogP) is 9.17. The highest BCUT2D eigenvalue weighted by Crippen LogP contribution is 2.43. The van der Waals surface area contributed by atoms with Crippen molar-refractivity contribution in [2.24, 2.45) is 0 Å². The number of fused-ring (bicyclic) bond motifs is 1. The minimum absolute atomic E-state index is 0.147. The van der Waals surface area contributed by atoms with Crippen molar-refractivity contribution in [2.45, 2.75) is 67.7 Å². The Hall–Kier alpha value is -3.76. The second kappa shape index (κ2) is 15.9. The monoisotopic (exact) mass is 456 g/mol. The number of nitrogens with zero attached hydrogens (tertiary/aromatic N) is 3. The molecule has 0 spiro atoms. The molecule has 34 heavy (non-hydrogen) atoms. The van der Waals surface area contributed by atoms with Gasteiger partial charge in [0.15, 0.2) is 0 Å². The lowest BCUT2D eigenvalue weighted by atomic mass is 9.93. The van der Waals surface area contributed by atoms with Crippen LogP contribution in [0.5, 0.6) is 0 Å². The molecule has 0 bridgehead atoms. The number of rotatable bonds is 4. The van der Waals surface area contributed by atoms with Gasteiger partial charge >= 0.3 is 0 Å². The molecule has 1 heterocycles. The van der Waals surface area contributed by atoms with Gasteiger partial charge in [-0.1, -0.05) is 87.1 Å². The van der Waals surface area contributed by atoms with E-state index in [4.69, 9.17) is 0 Å². The van der Waals surface area contributed by atoms with Crippen LogP contribution in [0, 0.1) is 22.7 Å². The average molecular weight is 457 g/mol. The highest BCUT2D eigenvalue weighted by Gasteiger charge is 2.26. The molecule has 0 aliphatic carbocycles. The van der Waals surface area contributed by atoms with Crippen LogP contribution in [0.1, 0.15) is 84.4 Å². The SMILES string of the molecule is C=CC1=C(C=C)N(c2cc(C#N)c(C(C)C)cc2C#N)c2ccccc2N1.CC.CC.CCC. The maximum atomic E-state index is 9.81. The van der Waals surface area contributed by atoms with E-state index in [1.54, 1.807) is 18.2 Å².